The number of carboxylic acids is 1. The molecule has 2 heterocycles. The van der Waals surface area contributed by atoms with E-state index in [4.69, 9.17) is 5.11 Å². The molecule has 0 aliphatic carbocycles. The largest absolute Gasteiger partial charge is 1.00 e. The fourth-order valence-corrected chi connectivity index (χ4v) is 8.78. The molecule has 17 nitrogen and oxygen atoms in total. The molecule has 0 bridgehead atoms. The monoisotopic (exact) mass is 891 g/mol. The zero-order valence-electron chi connectivity index (χ0n) is 32.6. The van der Waals surface area contributed by atoms with Crippen LogP contribution < -0.4 is 88.7 Å². The Kier molecular flexibility index (Phi) is 22.7. The number of fused-ring (bicyclic) bond motifs is 1. The van der Waals surface area contributed by atoms with E-state index in [1.807, 2.05) is 4.58 Å². The van der Waals surface area contributed by atoms with Crippen LogP contribution >= 0.6 is 0 Å². The molecule has 1 aromatic carbocycles. The van der Waals surface area contributed by atoms with Crippen LogP contribution in [-0.4, -0.2) is 114 Å². The van der Waals surface area contributed by atoms with Crippen molar-refractivity contribution in [2.75, 3.05) is 30.3 Å². The first-order valence-electron chi connectivity index (χ1n) is 16.8. The summed E-state index contributed by atoms with van der Waals surface area (Å²) in [5, 5.41) is 15.1. The zero-order valence-corrected chi connectivity index (χ0v) is 41.9. The zero-order chi connectivity index (χ0) is 40.0. The Hall–Kier alpha value is -0.0500. The predicted molar refractivity (Wildman–Crippen MR) is 190 cm³/mol. The molecular weight excluding hydrogens is 848 g/mol. The van der Waals surface area contributed by atoms with Crippen LogP contribution in [0.4, 0.5) is 5.69 Å². The third-order valence-corrected chi connectivity index (χ3v) is 12.8. The van der Waals surface area contributed by atoms with Crippen molar-refractivity contribution in [1.82, 2.24) is 5.01 Å². The molecule has 2 aliphatic rings. The number of nitrogens with zero attached hydrogens (tertiary/aromatic N) is 3. The third kappa shape index (κ3) is 16.4. The maximum Gasteiger partial charge on any atom is 1.00 e. The molecule has 1 aromatic rings. The number of allylic oxidation sites excluding steroid dienone is 4. The number of hydrogen-bond acceptors (Lipinski definition) is 15. The number of hydrogen-bond donors (Lipinski definition) is 1. The van der Waals surface area contributed by atoms with E-state index >= 15 is 0 Å². The molecule has 0 saturated carbocycles. The molecule has 2 aliphatic heterocycles. The molecule has 24 heteroatoms. The number of carboxylic acid groups (broad SMARTS) is 1. The Morgan fingerprint density at radius 1 is 0.804 bits per heavy atom. The normalized spacial score (nSPS) is 20.7. The molecular formula is C32H44N3Na3O14S4. The van der Waals surface area contributed by atoms with E-state index in [9.17, 15) is 56.7 Å². The predicted octanol–water partition coefficient (Wildman–Crippen LogP) is -6.67. The van der Waals surface area contributed by atoms with Gasteiger partial charge in [-0.25, -0.2) is 33.7 Å². The molecule has 0 saturated heterocycles. The van der Waals surface area contributed by atoms with Gasteiger partial charge < -0.3 is 23.3 Å². The minimum atomic E-state index is -4.91. The van der Waals surface area contributed by atoms with Crippen LogP contribution in [0.5, 0.6) is 0 Å². The van der Waals surface area contributed by atoms with Gasteiger partial charge in [0.15, 0.2) is 5.71 Å². The number of unbranched alkanes of at least 4 members (excludes halogenated alkanes) is 2. The average molecular weight is 892 g/mol. The van der Waals surface area contributed by atoms with Crippen LogP contribution in [0, 0.1) is 5.41 Å². The smallest absolute Gasteiger partial charge is 0.748 e. The minimum Gasteiger partial charge on any atom is -0.748 e. The summed E-state index contributed by atoms with van der Waals surface area (Å²) in [7, 11) is -18.6. The van der Waals surface area contributed by atoms with Gasteiger partial charge in [0.2, 0.25) is 5.69 Å². The number of aliphatic carboxylic acids is 1. The second kappa shape index (κ2) is 22.7. The molecule has 0 fully saturated rings. The van der Waals surface area contributed by atoms with Crippen LogP contribution in [0.15, 0.2) is 52.1 Å². The van der Waals surface area contributed by atoms with Gasteiger partial charge in [-0.05, 0) is 83.9 Å². The first kappa shape index (κ1) is 55.9. The first-order valence-corrected chi connectivity index (χ1v) is 22.9. The van der Waals surface area contributed by atoms with Crippen molar-refractivity contribution in [2.45, 2.75) is 88.9 Å². The summed E-state index contributed by atoms with van der Waals surface area (Å²) >= 11 is 0. The fourth-order valence-electron chi connectivity index (χ4n) is 6.81. The summed E-state index contributed by atoms with van der Waals surface area (Å²) in [4.78, 5) is 10.5. The van der Waals surface area contributed by atoms with Gasteiger partial charge >= 0.3 is 94.6 Å². The van der Waals surface area contributed by atoms with E-state index in [-0.39, 0.29) is 134 Å². The first-order chi connectivity index (χ1) is 24.3. The number of carbonyl (C=O) groups is 1. The van der Waals surface area contributed by atoms with Gasteiger partial charge in [0.25, 0.3) is 0 Å². The number of hydrazone groups is 1. The Morgan fingerprint density at radius 2 is 1.34 bits per heavy atom. The van der Waals surface area contributed by atoms with Crippen molar-refractivity contribution in [2.24, 2.45) is 10.5 Å². The van der Waals surface area contributed by atoms with E-state index in [0.29, 0.717) is 54.2 Å². The maximum absolute atomic E-state index is 12.1. The van der Waals surface area contributed by atoms with Gasteiger partial charge in [-0.15, -0.1) is 0 Å². The Morgan fingerprint density at radius 3 is 1.86 bits per heavy atom. The summed E-state index contributed by atoms with van der Waals surface area (Å²) in [5.74, 6) is -2.97. The molecule has 2 atom stereocenters. The van der Waals surface area contributed by atoms with E-state index in [1.165, 1.54) is 17.1 Å². The minimum absolute atomic E-state index is 0. The molecule has 2 unspecified atom stereocenters. The molecule has 0 aromatic heterocycles. The van der Waals surface area contributed by atoms with Crippen molar-refractivity contribution < 1.29 is 155 Å². The molecule has 56 heavy (non-hydrogen) atoms. The van der Waals surface area contributed by atoms with Crippen molar-refractivity contribution in [3.05, 3.63) is 47.7 Å². The molecule has 0 spiro atoms. The van der Waals surface area contributed by atoms with Gasteiger partial charge in [-0.3, -0.25) is 9.80 Å². The second-order valence-electron chi connectivity index (χ2n) is 13.6. The van der Waals surface area contributed by atoms with Crippen molar-refractivity contribution in [3.63, 3.8) is 0 Å². The molecule has 3 rings (SSSR count). The molecule has 298 valence electrons. The van der Waals surface area contributed by atoms with Gasteiger partial charge in [0, 0.05) is 71.2 Å². The maximum atomic E-state index is 12.1. The van der Waals surface area contributed by atoms with Crippen LogP contribution in [0.3, 0.4) is 0 Å². The SMILES string of the molecule is CC1=NN(CCCS(=O)(=O)[O-])/C(=C/C=C/C2=[N+](CCCCCC(=O)O)c3ccc(S(=O)(=O)[O-])cc3C2(C)CCCS(=O)(=O)[O-])C1(C)CCCS(=O)(=O)[O-].[Na+].[Na+].[Na+]. The Bertz CT molecular complexity index is 2140. The summed E-state index contributed by atoms with van der Waals surface area (Å²) < 4.78 is 141. The topological polar surface area (TPSA) is 285 Å². The molecule has 0 radical (unpaired) electrons. The molecule has 1 N–H and O–H groups in total. The van der Waals surface area contributed by atoms with E-state index in [1.54, 1.807) is 39.0 Å². The van der Waals surface area contributed by atoms with Crippen LogP contribution in [0.2, 0.25) is 0 Å². The Balaban J connectivity index is 0.0000101. The van der Waals surface area contributed by atoms with E-state index < -0.39 is 79.4 Å². The van der Waals surface area contributed by atoms with Crippen LogP contribution in [-0.2, 0) is 50.7 Å². The quantitative estimate of drug-likeness (QED) is 0.0520. The Labute approximate surface area is 396 Å². The van der Waals surface area contributed by atoms with E-state index in [0.717, 1.165) is 6.07 Å². The summed E-state index contributed by atoms with van der Waals surface area (Å²) in [6.45, 7) is 5.49. The standard InChI is InChI=1S/C32H47N3O14S4.3Na/c1-24-31(2,16-8-20-50(38,39)40)29(35(33-24)19-10-22-52(44,45)46)12-7-11-28-32(3,17-9-21-51(41,42)43)26-23-25(53(47,48)49)14-15-27(26)34(28)18-6-4-5-13-30(36)37;;;/h7,11-12,14-15,23H,4-6,8-10,13,16-22H2,1-3H3,(H4-,36,37,38,39,40,41,42,43,44,45,46,47,48,49);;;/q;3*+1/p-3. The van der Waals surface area contributed by atoms with Crippen LogP contribution in [0.1, 0.15) is 84.1 Å². The van der Waals surface area contributed by atoms with E-state index in [2.05, 4.69) is 5.10 Å². The van der Waals surface area contributed by atoms with Crippen molar-refractivity contribution in [3.8, 4) is 0 Å². The summed E-state index contributed by atoms with van der Waals surface area (Å²) in [6, 6.07) is 3.84. The fraction of sp³-hybridized carbons (Fsp3) is 0.594. The van der Waals surface area contributed by atoms with Gasteiger partial charge in [-0.1, -0.05) is 6.08 Å². The van der Waals surface area contributed by atoms with Crippen LogP contribution in [0.25, 0.3) is 0 Å². The summed E-state index contributed by atoms with van der Waals surface area (Å²) in [5.41, 5.74) is 0.385. The summed E-state index contributed by atoms with van der Waals surface area (Å²) in [6.07, 6.45) is 6.26. The molecule has 0 amide bonds. The van der Waals surface area contributed by atoms with Gasteiger partial charge in [0.1, 0.15) is 16.7 Å². The van der Waals surface area contributed by atoms with Crippen molar-refractivity contribution >= 4 is 63.6 Å². The van der Waals surface area contributed by atoms with Gasteiger partial charge in [0.05, 0.1) is 40.7 Å². The third-order valence-electron chi connectivity index (χ3n) is 9.60. The number of benzene rings is 1. The average Bonchev–Trinajstić information content (AvgIpc) is 3.36. The second-order valence-corrected chi connectivity index (χ2v) is 19.6. The van der Waals surface area contributed by atoms with Gasteiger partial charge in [-0.2, -0.15) is 9.68 Å². The van der Waals surface area contributed by atoms with Crippen molar-refractivity contribution in [1.29, 1.82) is 0 Å². The number of rotatable bonds is 21.